The van der Waals surface area contributed by atoms with Crippen LogP contribution in [0.1, 0.15) is 27.2 Å². The largest absolute Gasteiger partial charge is 0.493 e. The number of ether oxygens (including phenoxy) is 1. The van der Waals surface area contributed by atoms with E-state index in [2.05, 4.69) is 13.8 Å². The van der Waals surface area contributed by atoms with Crippen LogP contribution < -0.4 is 9.88 Å². The van der Waals surface area contributed by atoms with Gasteiger partial charge in [-0.3, -0.25) is 0 Å². The van der Waals surface area contributed by atoms with Crippen molar-refractivity contribution in [2.75, 3.05) is 6.61 Å². The number of primary sulfonamides is 1. The number of aromatic nitrogens is 1. The van der Waals surface area contributed by atoms with E-state index in [0.29, 0.717) is 23.7 Å². The van der Waals surface area contributed by atoms with E-state index in [9.17, 15) is 8.42 Å². The van der Waals surface area contributed by atoms with E-state index in [-0.39, 0.29) is 4.90 Å². The van der Waals surface area contributed by atoms with Gasteiger partial charge in [-0.25, -0.2) is 13.6 Å². The van der Waals surface area contributed by atoms with Gasteiger partial charge in [0.15, 0.2) is 0 Å². The molecule has 0 saturated heterocycles. The van der Waals surface area contributed by atoms with Crippen molar-refractivity contribution in [2.24, 2.45) is 11.1 Å². The zero-order valence-corrected chi connectivity index (χ0v) is 13.5. The first-order valence-electron chi connectivity index (χ1n) is 7.12. The lowest BCUT2D eigenvalue weighted by Crippen LogP contribution is -2.12. The Hall–Kier alpha value is -1.53. The van der Waals surface area contributed by atoms with Gasteiger partial charge in [0.2, 0.25) is 10.0 Å². The second-order valence-corrected chi connectivity index (χ2v) is 7.11. The summed E-state index contributed by atoms with van der Waals surface area (Å²) in [7, 11) is -3.79. The van der Waals surface area contributed by atoms with Crippen LogP contribution in [-0.2, 0) is 16.6 Å². The molecule has 1 heterocycles. The van der Waals surface area contributed by atoms with Crippen molar-refractivity contribution in [3.8, 4) is 5.75 Å². The molecule has 1 aromatic carbocycles. The maximum Gasteiger partial charge on any atom is 0.240 e. The molecule has 5 nitrogen and oxygen atoms in total. The monoisotopic (exact) mass is 310 g/mol. The van der Waals surface area contributed by atoms with Crippen LogP contribution in [0.15, 0.2) is 29.3 Å². The summed E-state index contributed by atoms with van der Waals surface area (Å²) < 4.78 is 31.4. The van der Waals surface area contributed by atoms with E-state index in [0.717, 1.165) is 18.5 Å². The molecule has 2 aromatic rings. The standard InChI is InChI=1S/C15H22N2O3S/c1-4-8-20-13-7-5-6-12-15(13)14(21(16,18)19)10-17(12)9-11(2)3/h5-7,10-11H,4,8-9H2,1-3H3,(H2,16,18,19). The minimum atomic E-state index is -3.79. The highest BCUT2D eigenvalue weighted by molar-refractivity contribution is 7.89. The summed E-state index contributed by atoms with van der Waals surface area (Å²) in [5.74, 6) is 0.968. The van der Waals surface area contributed by atoms with E-state index in [4.69, 9.17) is 9.88 Å². The first-order chi connectivity index (χ1) is 9.84. The topological polar surface area (TPSA) is 74.3 Å². The van der Waals surface area contributed by atoms with Crippen molar-refractivity contribution in [3.63, 3.8) is 0 Å². The fraction of sp³-hybridized carbons (Fsp3) is 0.467. The van der Waals surface area contributed by atoms with Crippen LogP contribution in [-0.4, -0.2) is 19.6 Å². The predicted molar refractivity (Wildman–Crippen MR) is 83.9 cm³/mol. The number of benzene rings is 1. The summed E-state index contributed by atoms with van der Waals surface area (Å²) >= 11 is 0. The lowest BCUT2D eigenvalue weighted by molar-refractivity contribution is 0.321. The molecule has 116 valence electrons. The molecule has 0 aliphatic heterocycles. The van der Waals surface area contributed by atoms with E-state index in [1.165, 1.54) is 0 Å². The van der Waals surface area contributed by atoms with Crippen molar-refractivity contribution >= 4 is 20.9 Å². The SMILES string of the molecule is CCCOc1cccc2c1c(S(N)(=O)=O)cn2CC(C)C. The lowest BCUT2D eigenvalue weighted by atomic mass is 10.2. The number of hydrogen-bond donors (Lipinski definition) is 1. The third-order valence-corrected chi connectivity index (χ3v) is 4.09. The minimum Gasteiger partial charge on any atom is -0.493 e. The van der Waals surface area contributed by atoms with Crippen LogP contribution in [0.4, 0.5) is 0 Å². The fourth-order valence-corrected chi connectivity index (χ4v) is 3.14. The molecular formula is C15H22N2O3S. The number of fused-ring (bicyclic) bond motifs is 1. The Bertz CT molecular complexity index is 733. The minimum absolute atomic E-state index is 0.129. The van der Waals surface area contributed by atoms with Gasteiger partial charge >= 0.3 is 0 Å². The summed E-state index contributed by atoms with van der Waals surface area (Å²) in [5.41, 5.74) is 0.835. The Morgan fingerprint density at radius 3 is 2.62 bits per heavy atom. The third kappa shape index (κ3) is 3.39. The molecule has 2 rings (SSSR count). The molecule has 21 heavy (non-hydrogen) atoms. The zero-order chi connectivity index (χ0) is 15.6. The van der Waals surface area contributed by atoms with E-state index in [1.54, 1.807) is 12.3 Å². The first kappa shape index (κ1) is 15.9. The number of sulfonamides is 1. The average Bonchev–Trinajstić information content (AvgIpc) is 2.75. The number of rotatable bonds is 6. The van der Waals surface area contributed by atoms with Gasteiger partial charge in [0.25, 0.3) is 0 Å². The molecule has 1 aromatic heterocycles. The molecule has 0 aliphatic rings. The molecule has 0 spiro atoms. The molecule has 2 N–H and O–H groups in total. The van der Waals surface area contributed by atoms with Crippen LogP contribution in [0.2, 0.25) is 0 Å². The van der Waals surface area contributed by atoms with Crippen molar-refractivity contribution in [1.82, 2.24) is 4.57 Å². The molecular weight excluding hydrogens is 288 g/mol. The van der Waals surface area contributed by atoms with E-state index < -0.39 is 10.0 Å². The van der Waals surface area contributed by atoms with Crippen LogP contribution in [0.5, 0.6) is 5.75 Å². The summed E-state index contributed by atoms with van der Waals surface area (Å²) in [6, 6.07) is 5.55. The zero-order valence-electron chi connectivity index (χ0n) is 12.7. The van der Waals surface area contributed by atoms with Crippen LogP contribution in [0.3, 0.4) is 0 Å². The fourth-order valence-electron chi connectivity index (χ4n) is 2.37. The van der Waals surface area contributed by atoms with Crippen LogP contribution in [0, 0.1) is 5.92 Å². The van der Waals surface area contributed by atoms with Gasteiger partial charge in [0.05, 0.1) is 17.5 Å². The maximum atomic E-state index is 11.9. The summed E-state index contributed by atoms with van der Waals surface area (Å²) in [5, 5.41) is 5.95. The molecule has 0 bridgehead atoms. The van der Waals surface area contributed by atoms with Crippen LogP contribution >= 0.6 is 0 Å². The molecule has 0 fully saturated rings. The molecule has 0 atom stereocenters. The Labute approximate surface area is 125 Å². The van der Waals surface area contributed by atoms with Gasteiger partial charge in [0.1, 0.15) is 10.6 Å². The highest BCUT2D eigenvalue weighted by Gasteiger charge is 2.21. The molecule has 0 aliphatic carbocycles. The highest BCUT2D eigenvalue weighted by atomic mass is 32.2. The maximum absolute atomic E-state index is 11.9. The van der Waals surface area contributed by atoms with E-state index in [1.807, 2.05) is 23.6 Å². The second kappa shape index (κ2) is 6.07. The van der Waals surface area contributed by atoms with E-state index >= 15 is 0 Å². The Balaban J connectivity index is 2.69. The van der Waals surface area contributed by atoms with Gasteiger partial charge < -0.3 is 9.30 Å². The summed E-state index contributed by atoms with van der Waals surface area (Å²) in [6.45, 7) is 7.44. The summed E-state index contributed by atoms with van der Waals surface area (Å²) in [4.78, 5) is 0.129. The second-order valence-electron chi connectivity index (χ2n) is 5.58. The Morgan fingerprint density at radius 2 is 2.05 bits per heavy atom. The van der Waals surface area contributed by atoms with Gasteiger partial charge in [0, 0.05) is 12.7 Å². The molecule has 0 radical (unpaired) electrons. The lowest BCUT2D eigenvalue weighted by Gasteiger charge is -2.10. The number of hydrogen-bond acceptors (Lipinski definition) is 3. The predicted octanol–water partition coefficient (Wildman–Crippen LogP) is 2.73. The number of nitrogens with two attached hydrogens (primary N) is 1. The molecule has 0 unspecified atom stereocenters. The van der Waals surface area contributed by atoms with Gasteiger partial charge in [-0.15, -0.1) is 0 Å². The van der Waals surface area contributed by atoms with Crippen molar-refractivity contribution < 1.29 is 13.2 Å². The Morgan fingerprint density at radius 1 is 1.33 bits per heavy atom. The van der Waals surface area contributed by atoms with Crippen molar-refractivity contribution in [1.29, 1.82) is 0 Å². The first-order valence-corrected chi connectivity index (χ1v) is 8.66. The molecule has 6 heteroatoms. The summed E-state index contributed by atoms with van der Waals surface area (Å²) in [6.07, 6.45) is 2.46. The third-order valence-electron chi connectivity index (χ3n) is 3.16. The quantitative estimate of drug-likeness (QED) is 0.891. The Kier molecular flexibility index (Phi) is 4.58. The van der Waals surface area contributed by atoms with Crippen LogP contribution in [0.25, 0.3) is 10.9 Å². The smallest absolute Gasteiger partial charge is 0.240 e. The highest BCUT2D eigenvalue weighted by Crippen LogP contribution is 2.33. The normalized spacial score (nSPS) is 12.2. The van der Waals surface area contributed by atoms with Gasteiger partial charge in [-0.1, -0.05) is 26.8 Å². The number of nitrogens with zero attached hydrogens (tertiary/aromatic N) is 1. The average molecular weight is 310 g/mol. The van der Waals surface area contributed by atoms with Crippen molar-refractivity contribution in [2.45, 2.75) is 38.6 Å². The molecule has 0 saturated carbocycles. The van der Waals surface area contributed by atoms with Crippen molar-refractivity contribution in [3.05, 3.63) is 24.4 Å². The molecule has 0 amide bonds. The van der Waals surface area contributed by atoms with Gasteiger partial charge in [-0.2, -0.15) is 0 Å². The van der Waals surface area contributed by atoms with Gasteiger partial charge in [-0.05, 0) is 24.5 Å².